The predicted molar refractivity (Wildman–Crippen MR) is 71.7 cm³/mol. The maximum Gasteiger partial charge on any atom is 0.270 e. The molecule has 0 bridgehead atoms. The van der Waals surface area contributed by atoms with Crippen molar-refractivity contribution in [2.75, 3.05) is 0 Å². The van der Waals surface area contributed by atoms with Gasteiger partial charge in [-0.05, 0) is 37.8 Å². The Morgan fingerprint density at radius 3 is 2.58 bits per heavy atom. The summed E-state index contributed by atoms with van der Waals surface area (Å²) in [6, 6.07) is 3.23. The summed E-state index contributed by atoms with van der Waals surface area (Å²) in [5.41, 5.74) is 5.58. The second kappa shape index (κ2) is 6.02. The lowest BCUT2D eigenvalue weighted by molar-refractivity contribution is -0.122. The van der Waals surface area contributed by atoms with Crippen molar-refractivity contribution in [3.63, 3.8) is 0 Å². The number of pyridine rings is 1. The lowest BCUT2D eigenvalue weighted by Gasteiger charge is -2.27. The van der Waals surface area contributed by atoms with Crippen LogP contribution >= 0.6 is 11.6 Å². The summed E-state index contributed by atoms with van der Waals surface area (Å²) >= 11 is 5.81. The molecule has 0 radical (unpaired) electrons. The van der Waals surface area contributed by atoms with Crippen LogP contribution in [0, 0.1) is 5.92 Å². The van der Waals surface area contributed by atoms with Crippen molar-refractivity contribution in [1.82, 2.24) is 10.3 Å². The number of halogens is 1. The molecule has 1 fully saturated rings. The van der Waals surface area contributed by atoms with Crippen LogP contribution in [-0.2, 0) is 4.79 Å². The van der Waals surface area contributed by atoms with Crippen LogP contribution in [0.1, 0.15) is 36.2 Å². The van der Waals surface area contributed by atoms with E-state index in [9.17, 15) is 9.59 Å². The van der Waals surface area contributed by atoms with Gasteiger partial charge in [-0.25, -0.2) is 0 Å². The zero-order valence-electron chi connectivity index (χ0n) is 10.4. The molecule has 0 atom stereocenters. The maximum atomic E-state index is 12.0. The number of carbonyl (C=O) groups excluding carboxylic acids is 2. The molecule has 0 saturated heterocycles. The highest BCUT2D eigenvalue weighted by Crippen LogP contribution is 2.24. The number of aromatic nitrogens is 1. The molecule has 0 aliphatic heterocycles. The molecule has 2 amide bonds. The number of nitrogens with zero attached hydrogens (tertiary/aromatic N) is 1. The Morgan fingerprint density at radius 2 is 2.00 bits per heavy atom. The zero-order valence-corrected chi connectivity index (χ0v) is 11.2. The number of amides is 2. The molecular formula is C13H16ClN3O2. The number of hydrogen-bond donors (Lipinski definition) is 2. The van der Waals surface area contributed by atoms with Gasteiger partial charge in [-0.1, -0.05) is 11.6 Å². The van der Waals surface area contributed by atoms with E-state index in [0.29, 0.717) is 10.7 Å². The topological polar surface area (TPSA) is 85.1 Å². The van der Waals surface area contributed by atoms with Crippen molar-refractivity contribution < 1.29 is 9.59 Å². The van der Waals surface area contributed by atoms with Crippen LogP contribution in [0.2, 0.25) is 5.02 Å². The first-order valence-corrected chi connectivity index (χ1v) is 6.66. The first-order chi connectivity index (χ1) is 9.06. The molecule has 1 aliphatic rings. The van der Waals surface area contributed by atoms with Crippen molar-refractivity contribution in [3.05, 3.63) is 29.0 Å². The predicted octanol–water partition coefficient (Wildman–Crippen LogP) is 1.51. The van der Waals surface area contributed by atoms with E-state index in [1.54, 1.807) is 6.07 Å². The summed E-state index contributed by atoms with van der Waals surface area (Å²) < 4.78 is 0. The highest BCUT2D eigenvalue weighted by atomic mass is 35.5. The fraction of sp³-hybridized carbons (Fsp3) is 0.462. The van der Waals surface area contributed by atoms with Gasteiger partial charge in [0.05, 0.1) is 0 Å². The van der Waals surface area contributed by atoms with Gasteiger partial charge in [-0.15, -0.1) is 0 Å². The SMILES string of the molecule is NC(=O)C1CCC(NC(=O)c2cc(Cl)ccn2)CC1. The van der Waals surface area contributed by atoms with Crippen molar-refractivity contribution in [1.29, 1.82) is 0 Å². The summed E-state index contributed by atoms with van der Waals surface area (Å²) in [6.45, 7) is 0. The third-order valence-electron chi connectivity index (χ3n) is 3.42. The van der Waals surface area contributed by atoms with Gasteiger partial charge >= 0.3 is 0 Å². The van der Waals surface area contributed by atoms with Crippen molar-refractivity contribution in [2.45, 2.75) is 31.7 Å². The van der Waals surface area contributed by atoms with Gasteiger partial charge in [0.15, 0.2) is 0 Å². The van der Waals surface area contributed by atoms with Gasteiger partial charge in [0.2, 0.25) is 5.91 Å². The standard InChI is InChI=1S/C13H16ClN3O2/c14-9-5-6-16-11(7-9)13(19)17-10-3-1-8(2-4-10)12(15)18/h5-8,10H,1-4H2,(H2,15,18)(H,17,19). The maximum absolute atomic E-state index is 12.0. The molecule has 0 aromatic carbocycles. The molecule has 1 aromatic rings. The summed E-state index contributed by atoms with van der Waals surface area (Å²) in [6.07, 6.45) is 4.48. The first kappa shape index (κ1) is 13.8. The van der Waals surface area contributed by atoms with E-state index in [2.05, 4.69) is 10.3 Å². The summed E-state index contributed by atoms with van der Waals surface area (Å²) in [5.74, 6) is -0.538. The normalized spacial score (nSPS) is 22.8. The highest BCUT2D eigenvalue weighted by Gasteiger charge is 2.25. The van der Waals surface area contributed by atoms with E-state index in [0.717, 1.165) is 25.7 Å². The van der Waals surface area contributed by atoms with Crippen LogP contribution in [0.5, 0.6) is 0 Å². The quantitative estimate of drug-likeness (QED) is 0.881. The summed E-state index contributed by atoms with van der Waals surface area (Å²) in [5, 5.41) is 3.39. The number of carbonyl (C=O) groups is 2. The number of primary amides is 1. The molecule has 1 saturated carbocycles. The molecule has 1 aromatic heterocycles. The minimum atomic E-state index is -0.249. The largest absolute Gasteiger partial charge is 0.369 e. The monoisotopic (exact) mass is 281 g/mol. The Morgan fingerprint density at radius 1 is 1.32 bits per heavy atom. The number of rotatable bonds is 3. The molecule has 2 rings (SSSR count). The average molecular weight is 282 g/mol. The lowest BCUT2D eigenvalue weighted by atomic mass is 9.85. The van der Waals surface area contributed by atoms with E-state index in [1.807, 2.05) is 0 Å². The van der Waals surface area contributed by atoms with E-state index in [4.69, 9.17) is 17.3 Å². The fourth-order valence-corrected chi connectivity index (χ4v) is 2.47. The fourth-order valence-electron chi connectivity index (χ4n) is 2.31. The minimum absolute atomic E-state index is 0.0579. The Bertz CT molecular complexity index is 485. The Balaban J connectivity index is 1.89. The van der Waals surface area contributed by atoms with Gasteiger partial charge in [0.25, 0.3) is 5.91 Å². The van der Waals surface area contributed by atoms with Gasteiger partial charge in [-0.3, -0.25) is 14.6 Å². The molecule has 3 N–H and O–H groups in total. The molecule has 102 valence electrons. The van der Waals surface area contributed by atoms with Gasteiger partial charge in [0, 0.05) is 23.2 Å². The van der Waals surface area contributed by atoms with Gasteiger partial charge in [0.1, 0.15) is 5.69 Å². The molecule has 1 aliphatic carbocycles. The Hall–Kier alpha value is -1.62. The smallest absolute Gasteiger partial charge is 0.270 e. The van der Waals surface area contributed by atoms with Crippen LogP contribution < -0.4 is 11.1 Å². The molecule has 1 heterocycles. The van der Waals surface area contributed by atoms with E-state index >= 15 is 0 Å². The third kappa shape index (κ3) is 3.67. The molecule has 5 nitrogen and oxygen atoms in total. The van der Waals surface area contributed by atoms with E-state index in [1.165, 1.54) is 12.3 Å². The second-order valence-electron chi connectivity index (χ2n) is 4.78. The minimum Gasteiger partial charge on any atom is -0.369 e. The van der Waals surface area contributed by atoms with Crippen LogP contribution in [0.4, 0.5) is 0 Å². The van der Waals surface area contributed by atoms with Gasteiger partial charge in [-0.2, -0.15) is 0 Å². The molecule has 19 heavy (non-hydrogen) atoms. The number of hydrogen-bond acceptors (Lipinski definition) is 3. The second-order valence-corrected chi connectivity index (χ2v) is 5.22. The number of nitrogens with one attached hydrogen (secondary N) is 1. The van der Waals surface area contributed by atoms with Crippen molar-refractivity contribution >= 4 is 23.4 Å². The summed E-state index contributed by atoms with van der Waals surface area (Å²) in [7, 11) is 0. The molecule has 0 spiro atoms. The van der Waals surface area contributed by atoms with Crippen molar-refractivity contribution in [3.8, 4) is 0 Å². The Labute approximate surface area is 116 Å². The highest BCUT2D eigenvalue weighted by molar-refractivity contribution is 6.30. The molecule has 6 heteroatoms. The lowest BCUT2D eigenvalue weighted by Crippen LogP contribution is -2.40. The van der Waals surface area contributed by atoms with E-state index < -0.39 is 0 Å². The number of nitrogens with two attached hydrogens (primary N) is 1. The summed E-state index contributed by atoms with van der Waals surface area (Å²) in [4.78, 5) is 27.0. The third-order valence-corrected chi connectivity index (χ3v) is 3.65. The van der Waals surface area contributed by atoms with Crippen LogP contribution in [0.25, 0.3) is 0 Å². The van der Waals surface area contributed by atoms with Crippen molar-refractivity contribution in [2.24, 2.45) is 11.7 Å². The first-order valence-electron chi connectivity index (χ1n) is 6.28. The zero-order chi connectivity index (χ0) is 13.8. The molecular weight excluding hydrogens is 266 g/mol. The van der Waals surface area contributed by atoms with Crippen LogP contribution in [-0.4, -0.2) is 22.8 Å². The van der Waals surface area contributed by atoms with Gasteiger partial charge < -0.3 is 11.1 Å². The average Bonchev–Trinajstić information content (AvgIpc) is 2.39. The Kier molecular flexibility index (Phi) is 4.37. The van der Waals surface area contributed by atoms with E-state index in [-0.39, 0.29) is 23.8 Å². The molecule has 0 unspecified atom stereocenters. The van der Waals surface area contributed by atoms with Crippen LogP contribution in [0.3, 0.4) is 0 Å². The van der Waals surface area contributed by atoms with Crippen LogP contribution in [0.15, 0.2) is 18.3 Å².